The van der Waals surface area contributed by atoms with Crippen molar-refractivity contribution in [3.8, 4) is 0 Å². The summed E-state index contributed by atoms with van der Waals surface area (Å²) in [6.07, 6.45) is 0. The molecule has 2 rings (SSSR count). The smallest absolute Gasteiger partial charge is 0.315 e. The van der Waals surface area contributed by atoms with Crippen LogP contribution >= 0.6 is 15.9 Å². The van der Waals surface area contributed by atoms with Crippen LogP contribution in [0.3, 0.4) is 0 Å². The van der Waals surface area contributed by atoms with E-state index >= 15 is 0 Å². The van der Waals surface area contributed by atoms with E-state index in [1.165, 1.54) is 0 Å². The van der Waals surface area contributed by atoms with E-state index in [1.807, 2.05) is 19.1 Å². The first-order chi connectivity index (χ1) is 10.9. The molecule has 3 amide bonds. The molecule has 0 aliphatic rings. The number of benzene rings is 1. The van der Waals surface area contributed by atoms with Gasteiger partial charge in [-0.05, 0) is 37.6 Å². The number of aromatic nitrogens is 1. The second-order valence-electron chi connectivity index (χ2n) is 4.97. The van der Waals surface area contributed by atoms with Crippen LogP contribution in [0.5, 0.6) is 0 Å². The molecule has 3 N–H and O–H groups in total. The molecule has 2 aromatic rings. The van der Waals surface area contributed by atoms with E-state index in [0.29, 0.717) is 17.1 Å². The van der Waals surface area contributed by atoms with E-state index in [9.17, 15) is 9.59 Å². The molecule has 122 valence electrons. The highest BCUT2D eigenvalue weighted by Gasteiger charge is 2.08. The summed E-state index contributed by atoms with van der Waals surface area (Å²) in [4.78, 5) is 23.5. The number of aryl methyl sites for hydroxylation is 2. The second-order valence-corrected chi connectivity index (χ2v) is 5.89. The summed E-state index contributed by atoms with van der Waals surface area (Å²) in [6.45, 7) is 3.77. The third kappa shape index (κ3) is 5.41. The first-order valence-electron chi connectivity index (χ1n) is 6.94. The van der Waals surface area contributed by atoms with Gasteiger partial charge in [0.05, 0.1) is 13.1 Å². The molecular weight excluding hydrogens is 364 g/mol. The minimum absolute atomic E-state index is 0.126. The summed E-state index contributed by atoms with van der Waals surface area (Å²) in [5.41, 5.74) is 2.25. The summed E-state index contributed by atoms with van der Waals surface area (Å²) in [6, 6.07) is 6.81. The minimum atomic E-state index is -0.451. The van der Waals surface area contributed by atoms with Gasteiger partial charge in [0.25, 0.3) is 0 Å². The van der Waals surface area contributed by atoms with Crippen LogP contribution in [-0.2, 0) is 11.3 Å². The summed E-state index contributed by atoms with van der Waals surface area (Å²) < 4.78 is 5.83. The predicted octanol–water partition coefficient (Wildman–Crippen LogP) is 2.49. The van der Waals surface area contributed by atoms with Gasteiger partial charge >= 0.3 is 6.03 Å². The van der Waals surface area contributed by atoms with Crippen LogP contribution in [0.4, 0.5) is 10.5 Å². The number of hydrogen-bond donors (Lipinski definition) is 3. The fourth-order valence-electron chi connectivity index (χ4n) is 1.86. The molecule has 0 aliphatic carbocycles. The number of amides is 3. The third-order valence-corrected chi connectivity index (χ3v) is 3.47. The van der Waals surface area contributed by atoms with Crippen molar-refractivity contribution in [2.24, 2.45) is 0 Å². The van der Waals surface area contributed by atoms with Gasteiger partial charge in [0.2, 0.25) is 5.91 Å². The molecule has 8 heteroatoms. The van der Waals surface area contributed by atoms with Gasteiger partial charge in [-0.3, -0.25) is 4.79 Å². The number of urea groups is 1. The van der Waals surface area contributed by atoms with E-state index in [1.54, 1.807) is 19.1 Å². The number of nitrogens with one attached hydrogen (secondary N) is 3. The van der Waals surface area contributed by atoms with Crippen molar-refractivity contribution >= 4 is 33.6 Å². The van der Waals surface area contributed by atoms with Crippen molar-refractivity contribution in [1.82, 2.24) is 15.8 Å². The van der Waals surface area contributed by atoms with Crippen molar-refractivity contribution < 1.29 is 14.1 Å². The van der Waals surface area contributed by atoms with Crippen LogP contribution in [0.25, 0.3) is 0 Å². The van der Waals surface area contributed by atoms with Gasteiger partial charge in [-0.25, -0.2) is 4.79 Å². The summed E-state index contributed by atoms with van der Waals surface area (Å²) in [5, 5.41) is 11.6. The lowest BCUT2D eigenvalue weighted by Gasteiger charge is -2.10. The molecule has 0 saturated heterocycles. The Bertz CT molecular complexity index is 714. The zero-order chi connectivity index (χ0) is 16.8. The molecule has 1 heterocycles. The molecule has 1 aromatic heterocycles. The largest absolute Gasteiger partial charge is 0.361 e. The summed E-state index contributed by atoms with van der Waals surface area (Å²) >= 11 is 3.36. The number of carbonyl (C=O) groups is 2. The molecule has 7 nitrogen and oxygen atoms in total. The van der Waals surface area contributed by atoms with Crippen molar-refractivity contribution in [2.75, 3.05) is 11.9 Å². The van der Waals surface area contributed by atoms with Crippen molar-refractivity contribution in [3.63, 3.8) is 0 Å². The molecule has 0 unspecified atom stereocenters. The lowest BCUT2D eigenvalue weighted by molar-refractivity contribution is -0.115. The molecule has 1 aromatic carbocycles. The molecule has 0 aliphatic heterocycles. The average Bonchev–Trinajstić information content (AvgIpc) is 2.91. The first-order valence-corrected chi connectivity index (χ1v) is 7.73. The Morgan fingerprint density at radius 2 is 2.00 bits per heavy atom. The maximum atomic E-state index is 11.8. The van der Waals surface area contributed by atoms with Crippen molar-refractivity contribution in [2.45, 2.75) is 20.4 Å². The molecule has 0 radical (unpaired) electrons. The van der Waals surface area contributed by atoms with E-state index in [-0.39, 0.29) is 19.0 Å². The number of anilines is 1. The Balaban J connectivity index is 1.74. The zero-order valence-electron chi connectivity index (χ0n) is 12.8. The van der Waals surface area contributed by atoms with Gasteiger partial charge in [0.1, 0.15) is 11.5 Å². The van der Waals surface area contributed by atoms with Crippen LogP contribution in [0.1, 0.15) is 17.0 Å². The summed E-state index contributed by atoms with van der Waals surface area (Å²) in [7, 11) is 0. The van der Waals surface area contributed by atoms with Gasteiger partial charge in [0, 0.05) is 16.2 Å². The standard InChI is InChI=1S/C15H17BrN4O3/c1-9-5-11(16)3-4-13(9)19-14(21)8-18-15(22)17-7-12-6-10(2)23-20-12/h3-6H,7-8H2,1-2H3,(H,19,21)(H2,17,18,22). The van der Waals surface area contributed by atoms with E-state index < -0.39 is 6.03 Å². The lowest BCUT2D eigenvalue weighted by Crippen LogP contribution is -2.39. The maximum absolute atomic E-state index is 11.8. The van der Waals surface area contributed by atoms with Crippen molar-refractivity contribution in [1.29, 1.82) is 0 Å². The molecule has 0 fully saturated rings. The van der Waals surface area contributed by atoms with Gasteiger partial charge in [-0.15, -0.1) is 0 Å². The van der Waals surface area contributed by atoms with Crippen molar-refractivity contribution in [3.05, 3.63) is 45.8 Å². The Hall–Kier alpha value is -2.35. The minimum Gasteiger partial charge on any atom is -0.361 e. The van der Waals surface area contributed by atoms with Crippen LogP contribution in [-0.4, -0.2) is 23.6 Å². The highest BCUT2D eigenvalue weighted by Crippen LogP contribution is 2.19. The monoisotopic (exact) mass is 380 g/mol. The second kappa shape index (κ2) is 7.77. The van der Waals surface area contributed by atoms with Crippen LogP contribution in [0.2, 0.25) is 0 Å². The van der Waals surface area contributed by atoms with Gasteiger partial charge in [-0.2, -0.15) is 0 Å². The Kier molecular flexibility index (Phi) is 5.75. The van der Waals surface area contributed by atoms with Crippen LogP contribution < -0.4 is 16.0 Å². The van der Waals surface area contributed by atoms with E-state index in [4.69, 9.17) is 4.52 Å². The quantitative estimate of drug-likeness (QED) is 0.742. The SMILES string of the molecule is Cc1cc(CNC(=O)NCC(=O)Nc2ccc(Br)cc2C)no1. The number of carbonyl (C=O) groups excluding carboxylic acids is 2. The van der Waals surface area contributed by atoms with Gasteiger partial charge in [-0.1, -0.05) is 21.1 Å². The summed E-state index contributed by atoms with van der Waals surface area (Å²) in [5.74, 6) is 0.370. The number of hydrogen-bond acceptors (Lipinski definition) is 4. The number of nitrogens with zero attached hydrogens (tertiary/aromatic N) is 1. The zero-order valence-corrected chi connectivity index (χ0v) is 14.4. The normalized spacial score (nSPS) is 10.2. The van der Waals surface area contributed by atoms with Gasteiger partial charge in [0.15, 0.2) is 0 Å². The molecule has 23 heavy (non-hydrogen) atoms. The van der Waals surface area contributed by atoms with Crippen LogP contribution in [0.15, 0.2) is 33.3 Å². The third-order valence-electron chi connectivity index (χ3n) is 2.98. The highest BCUT2D eigenvalue weighted by atomic mass is 79.9. The number of halogens is 1. The first kappa shape index (κ1) is 17.0. The molecular formula is C15H17BrN4O3. The Morgan fingerprint density at radius 1 is 1.22 bits per heavy atom. The predicted molar refractivity (Wildman–Crippen MR) is 89.0 cm³/mol. The average molecular weight is 381 g/mol. The van der Waals surface area contributed by atoms with E-state index in [2.05, 4.69) is 37.0 Å². The molecule has 0 saturated carbocycles. The topological polar surface area (TPSA) is 96.3 Å². The Morgan fingerprint density at radius 3 is 2.65 bits per heavy atom. The van der Waals surface area contributed by atoms with Gasteiger partial charge < -0.3 is 20.5 Å². The Labute approximate surface area is 141 Å². The van der Waals surface area contributed by atoms with E-state index in [0.717, 1.165) is 10.0 Å². The molecule has 0 bridgehead atoms. The highest BCUT2D eigenvalue weighted by molar-refractivity contribution is 9.10. The maximum Gasteiger partial charge on any atom is 0.315 e. The number of rotatable bonds is 5. The lowest BCUT2D eigenvalue weighted by atomic mass is 10.2. The fourth-order valence-corrected chi connectivity index (χ4v) is 2.33. The fraction of sp³-hybridized carbons (Fsp3) is 0.267. The molecule has 0 spiro atoms. The van der Waals surface area contributed by atoms with Crippen LogP contribution in [0, 0.1) is 13.8 Å². The molecule has 0 atom stereocenters.